The normalized spacial score (nSPS) is 10.0. The van der Waals surface area contributed by atoms with Crippen LogP contribution in [0.3, 0.4) is 0 Å². The van der Waals surface area contributed by atoms with E-state index in [1.807, 2.05) is 0 Å². The van der Waals surface area contributed by atoms with Crippen molar-refractivity contribution in [2.24, 2.45) is 0 Å². The molecular weight excluding hydrogens is 324 g/mol. The van der Waals surface area contributed by atoms with E-state index in [4.69, 9.17) is 21.1 Å². The Labute approximate surface area is 136 Å². The molecule has 2 aromatic rings. The number of nitro benzene ring substituents is 1. The smallest absolute Gasteiger partial charge is 0.412 e. The number of hydrogen-bond donors (Lipinski definition) is 1. The molecule has 0 aliphatic carbocycles. The van der Waals surface area contributed by atoms with Crippen LogP contribution in [0, 0.1) is 10.1 Å². The molecule has 1 amide bonds. The molecule has 0 atom stereocenters. The van der Waals surface area contributed by atoms with E-state index < -0.39 is 11.0 Å². The van der Waals surface area contributed by atoms with Gasteiger partial charge in [0.25, 0.3) is 0 Å². The third kappa shape index (κ3) is 4.58. The lowest BCUT2D eigenvalue weighted by molar-refractivity contribution is -0.385. The predicted octanol–water partition coefficient (Wildman–Crippen LogP) is 4.15. The summed E-state index contributed by atoms with van der Waals surface area (Å²) in [4.78, 5) is 21.8. The predicted molar refractivity (Wildman–Crippen MR) is 84.3 cm³/mol. The summed E-state index contributed by atoms with van der Waals surface area (Å²) in [6.07, 6.45) is -0.599. The summed E-state index contributed by atoms with van der Waals surface area (Å²) in [6.45, 7) is 2.20. The van der Waals surface area contributed by atoms with Gasteiger partial charge in [-0.1, -0.05) is 17.7 Å². The highest BCUT2D eigenvalue weighted by molar-refractivity contribution is 6.30. The van der Waals surface area contributed by atoms with Crippen molar-refractivity contribution in [2.45, 2.75) is 6.92 Å². The maximum atomic E-state index is 11.4. The summed E-state index contributed by atoms with van der Waals surface area (Å²) in [7, 11) is 0. The van der Waals surface area contributed by atoms with Gasteiger partial charge in [-0.25, -0.2) is 4.79 Å². The fourth-order valence-corrected chi connectivity index (χ4v) is 1.90. The van der Waals surface area contributed by atoms with Crippen LogP contribution in [-0.2, 0) is 0 Å². The molecule has 2 rings (SSSR count). The zero-order valence-electron chi connectivity index (χ0n) is 12.1. The molecule has 0 fully saturated rings. The molecule has 1 N–H and O–H groups in total. The lowest BCUT2D eigenvalue weighted by atomic mass is 10.3. The first-order valence-corrected chi connectivity index (χ1v) is 7.05. The Kier molecular flexibility index (Phi) is 5.37. The zero-order chi connectivity index (χ0) is 16.8. The summed E-state index contributed by atoms with van der Waals surface area (Å²) in [5.74, 6) is 0.521. The van der Waals surface area contributed by atoms with Crippen LogP contribution >= 0.6 is 11.6 Å². The molecule has 0 aliphatic rings. The highest BCUT2D eigenvalue weighted by Crippen LogP contribution is 2.34. The first kappa shape index (κ1) is 16.6. The van der Waals surface area contributed by atoms with Gasteiger partial charge < -0.3 is 14.8 Å². The standard InChI is InChI=1S/C15H13ClN2O5/c1-2-17-15(19)23-12-5-3-4-11(9-12)22-14-8-10(16)6-7-13(14)18(20)21/h3-9H,2H2,1H3,(H,17,19). The largest absolute Gasteiger partial charge is 0.450 e. The van der Waals surface area contributed by atoms with E-state index in [1.165, 1.54) is 24.3 Å². The third-order valence-corrected chi connectivity index (χ3v) is 2.92. The van der Waals surface area contributed by atoms with Gasteiger partial charge in [-0.05, 0) is 25.1 Å². The van der Waals surface area contributed by atoms with E-state index in [1.54, 1.807) is 25.1 Å². The number of nitro groups is 1. The highest BCUT2D eigenvalue weighted by atomic mass is 35.5. The average molecular weight is 337 g/mol. The molecule has 120 valence electrons. The second kappa shape index (κ2) is 7.46. The molecule has 0 bridgehead atoms. The van der Waals surface area contributed by atoms with E-state index in [9.17, 15) is 14.9 Å². The summed E-state index contributed by atoms with van der Waals surface area (Å²) in [5.41, 5.74) is -0.218. The molecule has 0 radical (unpaired) electrons. The van der Waals surface area contributed by atoms with Gasteiger partial charge in [0.1, 0.15) is 11.5 Å². The number of carbonyl (C=O) groups excluding carboxylic acids is 1. The molecule has 8 heteroatoms. The number of amides is 1. The van der Waals surface area contributed by atoms with Crippen molar-refractivity contribution < 1.29 is 19.2 Å². The minimum absolute atomic E-state index is 0.00217. The van der Waals surface area contributed by atoms with Gasteiger partial charge >= 0.3 is 11.8 Å². The molecule has 0 saturated heterocycles. The van der Waals surface area contributed by atoms with Crippen LogP contribution in [0.1, 0.15) is 6.92 Å². The number of halogens is 1. The summed E-state index contributed by atoms with van der Waals surface area (Å²) in [5, 5.41) is 13.8. The fraction of sp³-hybridized carbons (Fsp3) is 0.133. The molecule has 23 heavy (non-hydrogen) atoms. The Morgan fingerprint density at radius 1 is 1.26 bits per heavy atom. The van der Waals surface area contributed by atoms with Crippen LogP contribution in [0.2, 0.25) is 5.02 Å². The Morgan fingerprint density at radius 2 is 2.00 bits per heavy atom. The Hall–Kier alpha value is -2.80. The van der Waals surface area contributed by atoms with Gasteiger partial charge in [-0.2, -0.15) is 0 Å². The third-order valence-electron chi connectivity index (χ3n) is 2.68. The van der Waals surface area contributed by atoms with E-state index in [-0.39, 0.29) is 22.9 Å². The minimum Gasteiger partial charge on any atom is -0.450 e. The van der Waals surface area contributed by atoms with Gasteiger partial charge in [-0.3, -0.25) is 10.1 Å². The molecule has 0 aliphatic heterocycles. The highest BCUT2D eigenvalue weighted by Gasteiger charge is 2.16. The van der Waals surface area contributed by atoms with Gasteiger partial charge in [0, 0.05) is 29.8 Å². The number of carbonyl (C=O) groups is 1. The SMILES string of the molecule is CCNC(=O)Oc1cccc(Oc2cc(Cl)ccc2[N+](=O)[O-])c1. The lowest BCUT2D eigenvalue weighted by Gasteiger charge is -2.09. The molecular formula is C15H13ClN2O5. The monoisotopic (exact) mass is 336 g/mol. The van der Waals surface area contributed by atoms with Crippen molar-refractivity contribution in [1.82, 2.24) is 5.32 Å². The molecule has 0 unspecified atom stereocenters. The van der Waals surface area contributed by atoms with Crippen LogP contribution in [0.25, 0.3) is 0 Å². The fourth-order valence-electron chi connectivity index (χ4n) is 1.74. The number of nitrogens with one attached hydrogen (secondary N) is 1. The first-order valence-electron chi connectivity index (χ1n) is 6.67. The quantitative estimate of drug-likeness (QED) is 0.654. The van der Waals surface area contributed by atoms with Gasteiger partial charge in [0.05, 0.1) is 4.92 Å². The molecule has 0 heterocycles. The number of nitrogens with zero attached hydrogens (tertiary/aromatic N) is 1. The second-order valence-corrected chi connectivity index (χ2v) is 4.80. The lowest BCUT2D eigenvalue weighted by Crippen LogP contribution is -2.26. The Balaban J connectivity index is 2.22. The Morgan fingerprint density at radius 3 is 2.70 bits per heavy atom. The number of hydrogen-bond acceptors (Lipinski definition) is 5. The number of rotatable bonds is 5. The van der Waals surface area contributed by atoms with Crippen molar-refractivity contribution in [3.63, 3.8) is 0 Å². The van der Waals surface area contributed by atoms with Crippen LogP contribution in [0.5, 0.6) is 17.2 Å². The van der Waals surface area contributed by atoms with Crippen molar-refractivity contribution in [2.75, 3.05) is 6.54 Å². The van der Waals surface area contributed by atoms with Crippen molar-refractivity contribution >= 4 is 23.4 Å². The summed E-state index contributed by atoms with van der Waals surface area (Å²) in [6, 6.07) is 10.2. The Bertz CT molecular complexity index is 736. The average Bonchev–Trinajstić information content (AvgIpc) is 2.47. The summed E-state index contributed by atoms with van der Waals surface area (Å²) >= 11 is 5.84. The van der Waals surface area contributed by atoms with Crippen molar-refractivity contribution in [1.29, 1.82) is 0 Å². The molecule has 0 spiro atoms. The van der Waals surface area contributed by atoms with Gasteiger partial charge in [-0.15, -0.1) is 0 Å². The first-order chi connectivity index (χ1) is 11.0. The molecule has 0 aromatic heterocycles. The van der Waals surface area contributed by atoms with Gasteiger partial charge in [0.15, 0.2) is 0 Å². The maximum absolute atomic E-state index is 11.4. The van der Waals surface area contributed by atoms with E-state index in [0.717, 1.165) is 0 Å². The molecule has 2 aromatic carbocycles. The van der Waals surface area contributed by atoms with Crippen LogP contribution < -0.4 is 14.8 Å². The second-order valence-electron chi connectivity index (χ2n) is 4.37. The minimum atomic E-state index is -0.599. The van der Waals surface area contributed by atoms with Crippen LogP contribution in [-0.4, -0.2) is 17.6 Å². The number of benzene rings is 2. The molecule has 0 saturated carbocycles. The molecule has 7 nitrogen and oxygen atoms in total. The van der Waals surface area contributed by atoms with E-state index >= 15 is 0 Å². The van der Waals surface area contributed by atoms with Crippen LogP contribution in [0.4, 0.5) is 10.5 Å². The zero-order valence-corrected chi connectivity index (χ0v) is 12.9. The topological polar surface area (TPSA) is 90.7 Å². The summed E-state index contributed by atoms with van der Waals surface area (Å²) < 4.78 is 10.5. The number of ether oxygens (including phenoxy) is 2. The van der Waals surface area contributed by atoms with Gasteiger partial charge in [0.2, 0.25) is 5.75 Å². The van der Waals surface area contributed by atoms with Crippen LogP contribution in [0.15, 0.2) is 42.5 Å². The van der Waals surface area contributed by atoms with Crippen molar-refractivity contribution in [3.05, 3.63) is 57.6 Å². The van der Waals surface area contributed by atoms with E-state index in [2.05, 4.69) is 5.32 Å². The van der Waals surface area contributed by atoms with E-state index in [0.29, 0.717) is 11.6 Å². The van der Waals surface area contributed by atoms with Crippen molar-refractivity contribution in [3.8, 4) is 17.2 Å². The maximum Gasteiger partial charge on any atom is 0.412 e.